The summed E-state index contributed by atoms with van der Waals surface area (Å²) in [4.78, 5) is 13.0. The molecule has 24 heavy (non-hydrogen) atoms. The molecule has 0 aliphatic rings. The highest BCUT2D eigenvalue weighted by molar-refractivity contribution is 5.53. The van der Waals surface area contributed by atoms with Gasteiger partial charge in [0.1, 0.15) is 5.69 Å². The Kier molecular flexibility index (Phi) is 4.61. The fourth-order valence-corrected chi connectivity index (χ4v) is 1.66. The summed E-state index contributed by atoms with van der Waals surface area (Å²) in [5.41, 5.74) is -2.36. The third kappa shape index (κ3) is 3.54. The molecule has 0 atom stereocenters. The molecule has 0 bridgehead atoms. The monoisotopic (exact) mass is 351 g/mol. The van der Waals surface area contributed by atoms with E-state index in [0.717, 1.165) is 6.08 Å². The van der Waals surface area contributed by atoms with Gasteiger partial charge < -0.3 is 4.74 Å². The highest BCUT2D eigenvalue weighted by atomic mass is 19.4. The maximum absolute atomic E-state index is 13.6. The van der Waals surface area contributed by atoms with E-state index in [1.54, 1.807) is 0 Å². The van der Waals surface area contributed by atoms with Crippen molar-refractivity contribution in [2.75, 3.05) is 0 Å². The fraction of sp³-hybridized carbons (Fsp3) is 0.0714. The van der Waals surface area contributed by atoms with Crippen LogP contribution in [0.2, 0.25) is 0 Å². The predicted octanol–water partition coefficient (Wildman–Crippen LogP) is 5.02. The summed E-state index contributed by atoms with van der Waals surface area (Å²) in [5.74, 6) is -8.51. The van der Waals surface area contributed by atoms with Crippen molar-refractivity contribution >= 4 is 11.8 Å². The first-order valence-corrected chi connectivity index (χ1v) is 5.94. The largest absolute Gasteiger partial charge is 0.448 e. The molecule has 0 saturated heterocycles. The second-order valence-corrected chi connectivity index (χ2v) is 4.31. The van der Waals surface area contributed by atoms with Gasteiger partial charge in [-0.2, -0.15) is 18.2 Å². The third-order valence-electron chi connectivity index (χ3n) is 2.71. The average molecular weight is 351 g/mol. The van der Waals surface area contributed by atoms with E-state index in [2.05, 4.69) is 9.73 Å². The Balaban J connectivity index is 2.49. The van der Waals surface area contributed by atoms with E-state index in [9.17, 15) is 35.5 Å². The van der Waals surface area contributed by atoms with Gasteiger partial charge in [0.2, 0.25) is 6.08 Å². The number of benzene rings is 2. The lowest BCUT2D eigenvalue weighted by atomic mass is 10.2. The Bertz CT molecular complexity index is 819. The van der Waals surface area contributed by atoms with Crippen LogP contribution in [0.15, 0.2) is 29.3 Å². The number of isocyanates is 1. The average Bonchev–Trinajstić information content (AvgIpc) is 2.46. The standard InChI is InChI=1S/C14H4F7NO2/c15-7-3-8(16)12(4-11(7)22-5-23)24-13-9(17)1-6(2-10(13)18)14(19,20)21/h1-4H. The van der Waals surface area contributed by atoms with Crippen molar-refractivity contribution in [3.05, 3.63) is 53.1 Å². The zero-order chi connectivity index (χ0) is 18.1. The first kappa shape index (κ1) is 17.5. The number of hydrogen-bond donors (Lipinski definition) is 0. The third-order valence-corrected chi connectivity index (χ3v) is 2.71. The Morgan fingerprint density at radius 1 is 0.875 bits per heavy atom. The van der Waals surface area contributed by atoms with Crippen molar-refractivity contribution in [1.29, 1.82) is 0 Å². The second kappa shape index (κ2) is 6.32. The van der Waals surface area contributed by atoms with E-state index in [4.69, 9.17) is 0 Å². The molecular formula is C14H4F7NO2. The topological polar surface area (TPSA) is 38.7 Å². The number of aliphatic imine (C=N–C) groups is 1. The van der Waals surface area contributed by atoms with Gasteiger partial charge in [0.25, 0.3) is 0 Å². The molecule has 0 aromatic heterocycles. The summed E-state index contributed by atoms with van der Waals surface area (Å²) >= 11 is 0. The smallest absolute Gasteiger partial charge is 0.416 e. The summed E-state index contributed by atoms with van der Waals surface area (Å²) in [6.07, 6.45) is -4.04. The van der Waals surface area contributed by atoms with Crippen LogP contribution in [-0.4, -0.2) is 6.08 Å². The molecule has 0 amide bonds. The van der Waals surface area contributed by atoms with Crippen molar-refractivity contribution in [3.63, 3.8) is 0 Å². The second-order valence-electron chi connectivity index (χ2n) is 4.31. The summed E-state index contributed by atoms with van der Waals surface area (Å²) < 4.78 is 95.9. The van der Waals surface area contributed by atoms with Crippen LogP contribution < -0.4 is 4.74 Å². The molecule has 0 unspecified atom stereocenters. The molecule has 0 aliphatic heterocycles. The van der Waals surface area contributed by atoms with E-state index in [0.29, 0.717) is 6.07 Å². The minimum Gasteiger partial charge on any atom is -0.448 e. The van der Waals surface area contributed by atoms with Crippen LogP contribution in [0.1, 0.15) is 5.56 Å². The molecule has 0 saturated carbocycles. The molecule has 0 N–H and O–H groups in total. The Morgan fingerprint density at radius 3 is 1.96 bits per heavy atom. The zero-order valence-electron chi connectivity index (χ0n) is 11.2. The zero-order valence-corrected chi connectivity index (χ0v) is 11.2. The molecule has 0 aliphatic carbocycles. The molecule has 0 spiro atoms. The normalized spacial score (nSPS) is 11.1. The van der Waals surface area contributed by atoms with Crippen molar-refractivity contribution in [2.45, 2.75) is 6.18 Å². The molecule has 0 heterocycles. The van der Waals surface area contributed by atoms with Gasteiger partial charge in [-0.15, -0.1) is 0 Å². The maximum atomic E-state index is 13.6. The van der Waals surface area contributed by atoms with Gasteiger partial charge in [-0.05, 0) is 12.1 Å². The van der Waals surface area contributed by atoms with E-state index in [1.165, 1.54) is 0 Å². The van der Waals surface area contributed by atoms with Gasteiger partial charge in [0.15, 0.2) is 34.8 Å². The summed E-state index contributed by atoms with van der Waals surface area (Å²) in [5, 5.41) is 0. The highest BCUT2D eigenvalue weighted by Gasteiger charge is 2.33. The van der Waals surface area contributed by atoms with Crippen LogP contribution in [0.4, 0.5) is 36.4 Å². The Hall–Kier alpha value is -2.87. The maximum Gasteiger partial charge on any atom is 0.416 e. The first-order valence-electron chi connectivity index (χ1n) is 5.94. The lowest BCUT2D eigenvalue weighted by molar-refractivity contribution is -0.138. The number of hydrogen-bond acceptors (Lipinski definition) is 3. The van der Waals surface area contributed by atoms with E-state index < -0.39 is 52.2 Å². The molecule has 2 aromatic carbocycles. The number of halogens is 7. The minimum absolute atomic E-state index is 0.0513. The SMILES string of the molecule is O=C=Nc1cc(Oc2c(F)cc(C(F)(F)F)cc2F)c(F)cc1F. The number of ether oxygens (including phenoxy) is 1. The minimum atomic E-state index is -5.01. The van der Waals surface area contributed by atoms with Gasteiger partial charge in [0, 0.05) is 12.1 Å². The summed E-state index contributed by atoms with van der Waals surface area (Å²) in [6.45, 7) is 0. The van der Waals surface area contributed by atoms with Crippen molar-refractivity contribution < 1.29 is 40.3 Å². The van der Waals surface area contributed by atoms with Crippen LogP contribution in [0.5, 0.6) is 11.5 Å². The molecular weight excluding hydrogens is 347 g/mol. The van der Waals surface area contributed by atoms with Gasteiger partial charge in [-0.25, -0.2) is 22.4 Å². The number of nitrogens with zero attached hydrogens (tertiary/aromatic N) is 1. The Labute approximate surface area is 129 Å². The van der Waals surface area contributed by atoms with E-state index >= 15 is 0 Å². The first-order chi connectivity index (χ1) is 11.1. The van der Waals surface area contributed by atoms with Crippen LogP contribution in [0.25, 0.3) is 0 Å². The van der Waals surface area contributed by atoms with Gasteiger partial charge in [0.05, 0.1) is 5.56 Å². The van der Waals surface area contributed by atoms with Gasteiger partial charge in [-0.1, -0.05) is 0 Å². The van der Waals surface area contributed by atoms with Crippen LogP contribution in [-0.2, 0) is 11.0 Å². The van der Waals surface area contributed by atoms with E-state index in [-0.39, 0.29) is 18.2 Å². The molecule has 126 valence electrons. The van der Waals surface area contributed by atoms with Crippen LogP contribution >= 0.6 is 0 Å². The van der Waals surface area contributed by atoms with Crippen molar-refractivity contribution in [2.24, 2.45) is 4.99 Å². The fourth-order valence-electron chi connectivity index (χ4n) is 1.66. The van der Waals surface area contributed by atoms with Crippen molar-refractivity contribution in [1.82, 2.24) is 0 Å². The lowest BCUT2D eigenvalue weighted by Gasteiger charge is -2.12. The number of alkyl halides is 3. The number of carbonyl (C=O) groups excluding carboxylic acids is 1. The molecule has 2 rings (SSSR count). The highest BCUT2D eigenvalue weighted by Crippen LogP contribution is 2.37. The van der Waals surface area contributed by atoms with Crippen LogP contribution in [0, 0.1) is 23.3 Å². The van der Waals surface area contributed by atoms with E-state index in [1.807, 2.05) is 0 Å². The summed E-state index contributed by atoms with van der Waals surface area (Å²) in [7, 11) is 0. The van der Waals surface area contributed by atoms with Gasteiger partial charge >= 0.3 is 6.18 Å². The summed E-state index contributed by atoms with van der Waals surface area (Å²) in [6, 6.07) is 0.603. The predicted molar refractivity (Wildman–Crippen MR) is 65.6 cm³/mol. The molecule has 0 radical (unpaired) electrons. The lowest BCUT2D eigenvalue weighted by Crippen LogP contribution is -2.07. The quantitative estimate of drug-likeness (QED) is 0.442. The molecule has 3 nitrogen and oxygen atoms in total. The van der Waals surface area contributed by atoms with Gasteiger partial charge in [-0.3, -0.25) is 0 Å². The van der Waals surface area contributed by atoms with Crippen molar-refractivity contribution in [3.8, 4) is 11.5 Å². The molecule has 0 fully saturated rings. The molecule has 10 heteroatoms. The number of rotatable bonds is 3. The van der Waals surface area contributed by atoms with Crippen LogP contribution in [0.3, 0.4) is 0 Å². The Morgan fingerprint density at radius 2 is 1.46 bits per heavy atom. The molecule has 2 aromatic rings.